The zero-order chi connectivity index (χ0) is 18.7. The van der Waals surface area contributed by atoms with Crippen LogP contribution in [0.3, 0.4) is 0 Å². The number of halogens is 1. The standard InChI is InChI=1S/C20H19BrN2O3/c1-23(12-18(24)22-15-10-11-15)20(26)17-5-3-2-4-16(17)19(25)13-6-8-14(21)9-7-13/h2-9,15H,10-12H2,1H3,(H,22,24). The molecule has 0 spiro atoms. The van der Waals surface area contributed by atoms with Crippen LogP contribution in [0.1, 0.15) is 39.1 Å². The maximum absolute atomic E-state index is 12.8. The van der Waals surface area contributed by atoms with Crippen LogP contribution in [0.15, 0.2) is 53.0 Å². The van der Waals surface area contributed by atoms with Gasteiger partial charge < -0.3 is 10.2 Å². The molecule has 2 aromatic rings. The number of hydrogen-bond acceptors (Lipinski definition) is 3. The molecule has 0 aliphatic heterocycles. The lowest BCUT2D eigenvalue weighted by Crippen LogP contribution is -2.39. The van der Waals surface area contributed by atoms with Gasteiger partial charge in [0.25, 0.3) is 5.91 Å². The molecule has 0 atom stereocenters. The van der Waals surface area contributed by atoms with Crippen molar-refractivity contribution in [3.05, 3.63) is 69.7 Å². The van der Waals surface area contributed by atoms with E-state index in [2.05, 4.69) is 21.2 Å². The van der Waals surface area contributed by atoms with Crippen molar-refractivity contribution in [1.82, 2.24) is 10.2 Å². The van der Waals surface area contributed by atoms with Crippen molar-refractivity contribution in [2.45, 2.75) is 18.9 Å². The normalized spacial score (nSPS) is 13.2. The lowest BCUT2D eigenvalue weighted by molar-refractivity contribution is -0.121. The maximum atomic E-state index is 12.8. The highest BCUT2D eigenvalue weighted by Gasteiger charge is 2.26. The minimum absolute atomic E-state index is 0.0316. The van der Waals surface area contributed by atoms with Crippen molar-refractivity contribution in [1.29, 1.82) is 0 Å². The van der Waals surface area contributed by atoms with Gasteiger partial charge in [0, 0.05) is 28.7 Å². The summed E-state index contributed by atoms with van der Waals surface area (Å²) in [5.74, 6) is -0.755. The number of ketones is 1. The molecule has 1 saturated carbocycles. The van der Waals surface area contributed by atoms with Crippen molar-refractivity contribution in [3.63, 3.8) is 0 Å². The number of likely N-dealkylation sites (N-methyl/N-ethyl adjacent to an activating group) is 1. The Labute approximate surface area is 160 Å². The summed E-state index contributed by atoms with van der Waals surface area (Å²) in [6, 6.07) is 13.9. The van der Waals surface area contributed by atoms with E-state index >= 15 is 0 Å². The van der Waals surface area contributed by atoms with Crippen LogP contribution in [0.2, 0.25) is 0 Å². The lowest BCUT2D eigenvalue weighted by Gasteiger charge is -2.18. The molecule has 0 unspecified atom stereocenters. The second-order valence-corrected chi connectivity index (χ2v) is 7.30. The van der Waals surface area contributed by atoms with Crippen LogP contribution in [-0.4, -0.2) is 42.1 Å². The number of nitrogens with zero attached hydrogens (tertiary/aromatic N) is 1. The van der Waals surface area contributed by atoms with Crippen LogP contribution in [0.5, 0.6) is 0 Å². The van der Waals surface area contributed by atoms with Crippen molar-refractivity contribution in [2.24, 2.45) is 0 Å². The van der Waals surface area contributed by atoms with E-state index in [1.807, 2.05) is 0 Å². The van der Waals surface area contributed by atoms with Gasteiger partial charge in [-0.15, -0.1) is 0 Å². The second kappa shape index (κ2) is 7.83. The van der Waals surface area contributed by atoms with Gasteiger partial charge in [0.15, 0.2) is 5.78 Å². The summed E-state index contributed by atoms with van der Waals surface area (Å²) >= 11 is 3.34. The third-order valence-electron chi connectivity index (χ3n) is 4.18. The molecule has 2 aromatic carbocycles. The Balaban J connectivity index is 1.79. The van der Waals surface area contributed by atoms with E-state index < -0.39 is 0 Å². The zero-order valence-corrected chi connectivity index (χ0v) is 16.0. The van der Waals surface area contributed by atoms with Gasteiger partial charge in [-0.05, 0) is 43.2 Å². The Morgan fingerprint density at radius 1 is 1.04 bits per heavy atom. The molecule has 1 fully saturated rings. The number of carbonyl (C=O) groups is 3. The number of benzene rings is 2. The topological polar surface area (TPSA) is 66.5 Å². The number of carbonyl (C=O) groups excluding carboxylic acids is 3. The summed E-state index contributed by atoms with van der Waals surface area (Å²) in [7, 11) is 1.57. The molecule has 1 N–H and O–H groups in total. The van der Waals surface area contributed by atoms with E-state index in [1.54, 1.807) is 55.6 Å². The van der Waals surface area contributed by atoms with E-state index in [0.717, 1.165) is 17.3 Å². The smallest absolute Gasteiger partial charge is 0.254 e. The summed E-state index contributed by atoms with van der Waals surface area (Å²) in [5.41, 5.74) is 1.12. The van der Waals surface area contributed by atoms with Crippen LogP contribution in [0, 0.1) is 0 Å². The van der Waals surface area contributed by atoms with Gasteiger partial charge >= 0.3 is 0 Å². The largest absolute Gasteiger partial charge is 0.352 e. The van der Waals surface area contributed by atoms with Crippen LogP contribution >= 0.6 is 15.9 Å². The fourth-order valence-corrected chi connectivity index (χ4v) is 2.88. The number of nitrogens with one attached hydrogen (secondary N) is 1. The van der Waals surface area contributed by atoms with Crippen molar-refractivity contribution in [3.8, 4) is 0 Å². The number of hydrogen-bond donors (Lipinski definition) is 1. The molecular weight excluding hydrogens is 396 g/mol. The van der Waals surface area contributed by atoms with Crippen molar-refractivity contribution < 1.29 is 14.4 Å². The van der Waals surface area contributed by atoms with Gasteiger partial charge in [0.1, 0.15) is 0 Å². The predicted molar refractivity (Wildman–Crippen MR) is 102 cm³/mol. The third kappa shape index (κ3) is 4.38. The molecular formula is C20H19BrN2O3. The molecule has 1 aliphatic carbocycles. The Kier molecular flexibility index (Phi) is 5.52. The fourth-order valence-electron chi connectivity index (χ4n) is 2.62. The molecule has 0 aromatic heterocycles. The average molecular weight is 415 g/mol. The molecule has 0 bridgehead atoms. The van der Waals surface area contributed by atoms with Gasteiger partial charge in [-0.2, -0.15) is 0 Å². The van der Waals surface area contributed by atoms with Gasteiger partial charge in [-0.1, -0.05) is 34.1 Å². The predicted octanol–water partition coefficient (Wildman–Crippen LogP) is 3.03. The molecule has 134 valence electrons. The zero-order valence-electron chi connectivity index (χ0n) is 14.4. The highest BCUT2D eigenvalue weighted by Crippen LogP contribution is 2.20. The lowest BCUT2D eigenvalue weighted by atomic mass is 9.97. The first-order valence-electron chi connectivity index (χ1n) is 8.40. The number of amides is 2. The molecule has 5 nitrogen and oxygen atoms in total. The second-order valence-electron chi connectivity index (χ2n) is 6.38. The Hall–Kier alpha value is -2.47. The molecule has 3 rings (SSSR count). The summed E-state index contributed by atoms with van der Waals surface area (Å²) in [6.45, 7) is -0.0316. The van der Waals surface area contributed by atoms with E-state index in [-0.39, 0.29) is 30.2 Å². The average Bonchev–Trinajstić information content (AvgIpc) is 3.45. The van der Waals surface area contributed by atoms with E-state index in [0.29, 0.717) is 16.7 Å². The maximum Gasteiger partial charge on any atom is 0.254 e. The Bertz CT molecular complexity index is 844. The molecule has 0 saturated heterocycles. The molecule has 0 heterocycles. The Morgan fingerprint density at radius 2 is 1.65 bits per heavy atom. The number of rotatable bonds is 6. The van der Waals surface area contributed by atoms with Gasteiger partial charge in [0.2, 0.25) is 5.91 Å². The summed E-state index contributed by atoms with van der Waals surface area (Å²) < 4.78 is 0.875. The summed E-state index contributed by atoms with van der Waals surface area (Å²) in [5, 5.41) is 2.86. The van der Waals surface area contributed by atoms with Crippen LogP contribution in [0.25, 0.3) is 0 Å². The van der Waals surface area contributed by atoms with Gasteiger partial charge in [-0.25, -0.2) is 0 Å². The van der Waals surface area contributed by atoms with E-state index in [9.17, 15) is 14.4 Å². The molecule has 6 heteroatoms. The van der Waals surface area contributed by atoms with Gasteiger partial charge in [-0.3, -0.25) is 14.4 Å². The minimum atomic E-state index is -0.350. The van der Waals surface area contributed by atoms with Crippen LogP contribution in [-0.2, 0) is 4.79 Å². The van der Waals surface area contributed by atoms with Crippen molar-refractivity contribution >= 4 is 33.5 Å². The SMILES string of the molecule is CN(CC(=O)NC1CC1)C(=O)c1ccccc1C(=O)c1ccc(Br)cc1. The highest BCUT2D eigenvalue weighted by molar-refractivity contribution is 9.10. The highest BCUT2D eigenvalue weighted by atomic mass is 79.9. The monoisotopic (exact) mass is 414 g/mol. The van der Waals surface area contributed by atoms with Gasteiger partial charge in [0.05, 0.1) is 12.1 Å². The first-order chi connectivity index (χ1) is 12.5. The summed E-state index contributed by atoms with van der Waals surface area (Å²) in [6.07, 6.45) is 1.99. The van der Waals surface area contributed by atoms with E-state index in [1.165, 1.54) is 4.90 Å². The van der Waals surface area contributed by atoms with Crippen molar-refractivity contribution in [2.75, 3.05) is 13.6 Å². The fraction of sp³-hybridized carbons (Fsp3) is 0.250. The third-order valence-corrected chi connectivity index (χ3v) is 4.71. The summed E-state index contributed by atoms with van der Waals surface area (Å²) in [4.78, 5) is 38.9. The van der Waals surface area contributed by atoms with E-state index in [4.69, 9.17) is 0 Å². The van der Waals surface area contributed by atoms with Crippen LogP contribution < -0.4 is 5.32 Å². The Morgan fingerprint density at radius 3 is 2.27 bits per heavy atom. The molecule has 0 radical (unpaired) electrons. The molecule has 1 aliphatic rings. The minimum Gasteiger partial charge on any atom is -0.352 e. The quantitative estimate of drug-likeness (QED) is 0.738. The van der Waals surface area contributed by atoms with Crippen LogP contribution in [0.4, 0.5) is 0 Å². The molecule has 26 heavy (non-hydrogen) atoms. The first-order valence-corrected chi connectivity index (χ1v) is 9.19. The first kappa shape index (κ1) is 18.3. The molecule has 2 amide bonds.